The van der Waals surface area contributed by atoms with Crippen molar-refractivity contribution in [2.24, 2.45) is 11.7 Å². The quantitative estimate of drug-likeness (QED) is 0.0348. The summed E-state index contributed by atoms with van der Waals surface area (Å²) >= 11 is 5.70. The minimum Gasteiger partial charge on any atom is -0.479 e. The zero-order chi connectivity index (χ0) is 32.6. The Labute approximate surface area is 277 Å². The van der Waals surface area contributed by atoms with E-state index in [-0.39, 0.29) is 32.3 Å². The van der Waals surface area contributed by atoms with E-state index in [1.165, 1.54) is 141 Å². The summed E-state index contributed by atoms with van der Waals surface area (Å²) in [5, 5.41) is 10.3. The number of phosphoric acid groups is 1. The highest BCUT2D eigenvalue weighted by molar-refractivity contribution is 7.80. The average molecular weight is 666 g/mol. The molecule has 0 aromatic rings. The van der Waals surface area contributed by atoms with Gasteiger partial charge in [0.1, 0.15) is 6.10 Å². The summed E-state index contributed by atoms with van der Waals surface area (Å²) in [5.74, 6) is 0.139. The van der Waals surface area contributed by atoms with Crippen molar-refractivity contribution in [3.63, 3.8) is 0 Å². The monoisotopic (exact) mass is 665 g/mol. The number of nitrogens with two attached hydrogens (primary N) is 1. The van der Waals surface area contributed by atoms with Gasteiger partial charge >= 0.3 is 7.82 Å². The van der Waals surface area contributed by atoms with E-state index >= 15 is 0 Å². The van der Waals surface area contributed by atoms with Gasteiger partial charge in [-0.15, -0.1) is 0 Å². The Kier molecular flexibility index (Phi) is 32.8. The molecule has 0 aromatic heterocycles. The van der Waals surface area contributed by atoms with Gasteiger partial charge in [0.25, 0.3) is 0 Å². The molecule has 0 aromatic carbocycles. The largest absolute Gasteiger partial charge is 0.479 e. The highest BCUT2D eigenvalue weighted by Crippen LogP contribution is 2.43. The lowest BCUT2D eigenvalue weighted by molar-refractivity contribution is 0.0424. The van der Waals surface area contributed by atoms with Crippen molar-refractivity contribution in [2.75, 3.05) is 26.4 Å². The molecule has 0 aliphatic heterocycles. The first-order valence-electron chi connectivity index (χ1n) is 18.5. The highest BCUT2D eigenvalue weighted by atomic mass is 32.1. The van der Waals surface area contributed by atoms with Crippen molar-refractivity contribution < 1.29 is 28.3 Å². The van der Waals surface area contributed by atoms with E-state index < -0.39 is 13.9 Å². The Bertz CT molecular complexity index is 643. The predicted octanol–water partition coefficient (Wildman–Crippen LogP) is 10.6. The number of aliphatic hydroxyl groups excluding tert-OH is 1. The Morgan fingerprint density at radius 1 is 0.659 bits per heavy atom. The highest BCUT2D eigenvalue weighted by Gasteiger charge is 2.25. The van der Waals surface area contributed by atoms with Crippen LogP contribution in [-0.4, -0.2) is 47.5 Å². The number of hydrogen-bond acceptors (Lipinski definition) is 7. The number of ether oxygens (including phenoxy) is 1. The number of thiocarbonyl (C=S) groups is 1. The molecular weight excluding hydrogens is 593 g/mol. The number of hydrogen-bond donors (Lipinski definition) is 3. The second-order valence-corrected chi connectivity index (χ2v) is 14.5. The maximum atomic E-state index is 12.0. The van der Waals surface area contributed by atoms with E-state index in [4.69, 9.17) is 31.7 Å². The molecular formula is C35H72NO6PS. The molecule has 44 heavy (non-hydrogen) atoms. The van der Waals surface area contributed by atoms with Crippen molar-refractivity contribution in [3.8, 4) is 0 Å². The van der Waals surface area contributed by atoms with Gasteiger partial charge in [-0.1, -0.05) is 168 Å². The minimum absolute atomic E-state index is 0.0863. The van der Waals surface area contributed by atoms with Crippen LogP contribution in [0.3, 0.4) is 0 Å². The molecule has 0 fully saturated rings. The van der Waals surface area contributed by atoms with Crippen LogP contribution >= 0.6 is 20.0 Å². The molecule has 0 bridgehead atoms. The van der Waals surface area contributed by atoms with Gasteiger partial charge in [-0.25, -0.2) is 4.57 Å². The maximum Gasteiger partial charge on any atom is 0.472 e. The van der Waals surface area contributed by atoms with Crippen LogP contribution in [0.1, 0.15) is 181 Å². The summed E-state index contributed by atoms with van der Waals surface area (Å²) in [6.07, 6.45) is 32.7. The third-order valence-electron chi connectivity index (χ3n) is 8.43. The SMILES string of the molecule is CCCCCCCCCCCCCCC(CCCCCCCCCCCCCC)C(=S)O[C@@H](CO)COP(=O)(O)OCCN. The van der Waals surface area contributed by atoms with Gasteiger partial charge in [-0.2, -0.15) is 0 Å². The van der Waals surface area contributed by atoms with Crippen molar-refractivity contribution in [1.29, 1.82) is 0 Å². The van der Waals surface area contributed by atoms with Crippen molar-refractivity contribution >= 4 is 25.1 Å². The van der Waals surface area contributed by atoms with Crippen LogP contribution in [0.4, 0.5) is 0 Å². The van der Waals surface area contributed by atoms with E-state index in [0.717, 1.165) is 25.7 Å². The van der Waals surface area contributed by atoms with Gasteiger partial charge in [0.05, 0.1) is 19.8 Å². The predicted molar refractivity (Wildman–Crippen MR) is 190 cm³/mol. The van der Waals surface area contributed by atoms with Crippen molar-refractivity contribution in [3.05, 3.63) is 0 Å². The molecule has 7 nitrogen and oxygen atoms in total. The first kappa shape index (κ1) is 43.9. The Hall–Kier alpha value is -0.0800. The van der Waals surface area contributed by atoms with E-state index in [9.17, 15) is 14.6 Å². The van der Waals surface area contributed by atoms with Crippen LogP contribution in [0.15, 0.2) is 0 Å². The second kappa shape index (κ2) is 32.8. The third-order valence-corrected chi connectivity index (χ3v) is 9.84. The van der Waals surface area contributed by atoms with Gasteiger partial charge in [-0.3, -0.25) is 9.05 Å². The van der Waals surface area contributed by atoms with E-state index in [2.05, 4.69) is 13.8 Å². The second-order valence-electron chi connectivity index (χ2n) is 12.7. The summed E-state index contributed by atoms with van der Waals surface area (Å²) in [4.78, 5) is 9.78. The van der Waals surface area contributed by atoms with Crippen LogP contribution in [0.2, 0.25) is 0 Å². The Balaban J connectivity index is 4.46. The van der Waals surface area contributed by atoms with Crippen LogP contribution in [0.5, 0.6) is 0 Å². The van der Waals surface area contributed by atoms with E-state index in [0.29, 0.717) is 5.05 Å². The number of unbranched alkanes of at least 4 members (excludes halogenated alkanes) is 22. The fourth-order valence-corrected chi connectivity index (χ4v) is 6.75. The lowest BCUT2D eigenvalue weighted by atomic mass is 9.94. The molecule has 0 rings (SSSR count). The zero-order valence-corrected chi connectivity index (χ0v) is 30.5. The van der Waals surface area contributed by atoms with Crippen LogP contribution in [0.25, 0.3) is 0 Å². The first-order valence-corrected chi connectivity index (χ1v) is 20.4. The molecule has 264 valence electrons. The number of phosphoric ester groups is 1. The molecule has 0 aliphatic rings. The first-order chi connectivity index (χ1) is 21.4. The molecule has 0 spiro atoms. The summed E-state index contributed by atoms with van der Waals surface area (Å²) in [7, 11) is -4.24. The Morgan fingerprint density at radius 2 is 1.02 bits per heavy atom. The van der Waals surface area contributed by atoms with Gasteiger partial charge in [0.2, 0.25) is 0 Å². The number of aliphatic hydroxyl groups is 1. The molecule has 9 heteroatoms. The van der Waals surface area contributed by atoms with Gasteiger partial charge in [0.15, 0.2) is 5.05 Å². The summed E-state index contributed by atoms with van der Waals surface area (Å²) < 4.78 is 27.7. The number of rotatable bonds is 35. The van der Waals surface area contributed by atoms with Crippen LogP contribution in [-0.2, 0) is 18.3 Å². The van der Waals surface area contributed by atoms with E-state index in [1.807, 2.05) is 0 Å². The lowest BCUT2D eigenvalue weighted by Crippen LogP contribution is -2.29. The van der Waals surface area contributed by atoms with Gasteiger partial charge in [0, 0.05) is 12.5 Å². The fourth-order valence-electron chi connectivity index (χ4n) is 5.61. The standard InChI is InChI=1S/C35H72NO6PS/c1-3-5-7-9-11-13-15-17-19-21-23-25-27-33(28-26-24-22-20-18-16-14-12-10-8-6-4-2)35(44)42-34(31-37)32-41-43(38,39)40-30-29-36/h33-34,37H,3-32,36H2,1-2H3,(H,38,39)/t34-/m0/s1. The minimum atomic E-state index is -4.24. The van der Waals surface area contributed by atoms with Gasteiger partial charge < -0.3 is 20.5 Å². The topological polar surface area (TPSA) is 111 Å². The molecule has 0 saturated carbocycles. The zero-order valence-electron chi connectivity index (χ0n) is 28.8. The van der Waals surface area contributed by atoms with Crippen LogP contribution < -0.4 is 5.73 Å². The normalized spacial score (nSPS) is 13.8. The molecule has 2 atom stereocenters. The summed E-state index contributed by atoms with van der Waals surface area (Å²) in [5.41, 5.74) is 5.33. The summed E-state index contributed by atoms with van der Waals surface area (Å²) in [6.45, 7) is 3.92. The van der Waals surface area contributed by atoms with Crippen molar-refractivity contribution in [2.45, 2.75) is 187 Å². The average Bonchev–Trinajstić information content (AvgIpc) is 3.01. The molecule has 4 N–H and O–H groups in total. The molecule has 0 radical (unpaired) electrons. The molecule has 1 unspecified atom stereocenters. The summed E-state index contributed by atoms with van der Waals surface area (Å²) in [6, 6.07) is 0. The fraction of sp³-hybridized carbons (Fsp3) is 0.971. The van der Waals surface area contributed by atoms with Crippen LogP contribution in [0, 0.1) is 5.92 Å². The smallest absolute Gasteiger partial charge is 0.472 e. The van der Waals surface area contributed by atoms with Crippen molar-refractivity contribution in [1.82, 2.24) is 0 Å². The molecule has 0 heterocycles. The molecule has 0 saturated heterocycles. The molecule has 0 aliphatic carbocycles. The maximum absolute atomic E-state index is 12.0. The Morgan fingerprint density at radius 3 is 1.36 bits per heavy atom. The van der Waals surface area contributed by atoms with E-state index in [1.54, 1.807) is 0 Å². The third kappa shape index (κ3) is 29.3. The molecule has 0 amide bonds. The lowest BCUT2D eigenvalue weighted by Gasteiger charge is -2.24. The van der Waals surface area contributed by atoms with Gasteiger partial charge in [-0.05, 0) is 25.1 Å².